The predicted molar refractivity (Wildman–Crippen MR) is 124 cm³/mol. The number of anilines is 1. The molecule has 5 heteroatoms. The van der Waals surface area contributed by atoms with Crippen LogP contribution in [0.3, 0.4) is 0 Å². The normalized spacial score (nSPS) is 18.3. The lowest BCUT2D eigenvalue weighted by Gasteiger charge is -2.38. The van der Waals surface area contributed by atoms with Gasteiger partial charge in [-0.3, -0.25) is 0 Å². The van der Waals surface area contributed by atoms with Crippen LogP contribution in [0.25, 0.3) is 0 Å². The molecule has 0 bridgehead atoms. The van der Waals surface area contributed by atoms with Crippen LogP contribution in [0.5, 0.6) is 0 Å². The van der Waals surface area contributed by atoms with Crippen LogP contribution in [-0.2, 0) is 10.3 Å². The van der Waals surface area contributed by atoms with Crippen molar-refractivity contribution >= 4 is 28.7 Å². The Kier molecular flexibility index (Phi) is 5.34. The topological polar surface area (TPSA) is 36.9 Å². The number of benzene rings is 2. The van der Waals surface area contributed by atoms with Gasteiger partial charge in [0, 0.05) is 38.0 Å². The summed E-state index contributed by atoms with van der Waals surface area (Å²) >= 11 is 5.61. The molecule has 29 heavy (non-hydrogen) atoms. The first-order valence-electron chi connectivity index (χ1n) is 10.3. The van der Waals surface area contributed by atoms with E-state index < -0.39 is 0 Å². The van der Waals surface area contributed by atoms with Gasteiger partial charge in [0.25, 0.3) is 0 Å². The summed E-state index contributed by atoms with van der Waals surface area (Å²) in [5.74, 6) is 0. The number of para-hydroxylation sites is 1. The highest BCUT2D eigenvalue weighted by Crippen LogP contribution is 2.36. The van der Waals surface area contributed by atoms with E-state index in [1.54, 1.807) is 0 Å². The summed E-state index contributed by atoms with van der Waals surface area (Å²) < 4.78 is 0. The molecular weight excluding hydrogens is 378 g/mol. The first-order valence-corrected chi connectivity index (χ1v) is 10.7. The summed E-state index contributed by atoms with van der Waals surface area (Å²) in [5, 5.41) is 8.57. The van der Waals surface area contributed by atoms with E-state index in [0.717, 1.165) is 48.9 Å². The maximum atomic E-state index is 5.99. The van der Waals surface area contributed by atoms with Crippen LogP contribution in [-0.4, -0.2) is 34.4 Å². The minimum atomic E-state index is -0.184. The molecule has 0 saturated carbocycles. The van der Waals surface area contributed by atoms with Gasteiger partial charge in [-0.15, -0.1) is 0 Å². The number of hydrogen-bond donors (Lipinski definition) is 1. The summed E-state index contributed by atoms with van der Waals surface area (Å²) in [5.41, 5.74) is 4.56. The fraction of sp³-hybridized carbons (Fsp3) is 0.417. The molecule has 0 radical (unpaired) electrons. The summed E-state index contributed by atoms with van der Waals surface area (Å²) in [6, 6.07) is 18.9. The van der Waals surface area contributed by atoms with E-state index in [4.69, 9.17) is 17.1 Å². The van der Waals surface area contributed by atoms with Crippen LogP contribution in [0.1, 0.15) is 51.2 Å². The lowest BCUT2D eigenvalue weighted by atomic mass is 9.84. The lowest BCUT2D eigenvalue weighted by Crippen LogP contribution is -2.48. The van der Waals surface area contributed by atoms with Crippen molar-refractivity contribution in [1.29, 1.82) is 0 Å². The first-order chi connectivity index (χ1) is 13.8. The van der Waals surface area contributed by atoms with Crippen LogP contribution in [0, 0.1) is 0 Å². The van der Waals surface area contributed by atoms with Gasteiger partial charge in [-0.05, 0) is 40.9 Å². The second kappa shape index (κ2) is 7.79. The second-order valence-electron chi connectivity index (χ2n) is 9.10. The zero-order valence-electron chi connectivity index (χ0n) is 17.4. The van der Waals surface area contributed by atoms with Crippen molar-refractivity contribution in [3.8, 4) is 0 Å². The average molecular weight is 408 g/mol. The first kappa shape index (κ1) is 19.9. The van der Waals surface area contributed by atoms with Crippen molar-refractivity contribution in [3.05, 3.63) is 65.7 Å². The molecule has 0 aliphatic carbocycles. The van der Waals surface area contributed by atoms with Crippen molar-refractivity contribution < 1.29 is 4.84 Å². The predicted octanol–water partition coefficient (Wildman–Crippen LogP) is 5.34. The van der Waals surface area contributed by atoms with Crippen LogP contribution in [0.15, 0.2) is 59.8 Å². The highest BCUT2D eigenvalue weighted by molar-refractivity contribution is 7.80. The minimum Gasteiger partial charge on any atom is -0.388 e. The van der Waals surface area contributed by atoms with Crippen molar-refractivity contribution in [2.75, 3.05) is 18.4 Å². The maximum Gasteiger partial charge on any atom is 0.173 e. The summed E-state index contributed by atoms with van der Waals surface area (Å²) in [6.45, 7) is 8.46. The molecule has 1 N–H and O–H groups in total. The number of nitrogens with zero attached hydrogens (tertiary/aromatic N) is 2. The van der Waals surface area contributed by atoms with Crippen LogP contribution < -0.4 is 5.32 Å². The molecule has 1 fully saturated rings. The highest BCUT2D eigenvalue weighted by atomic mass is 32.1. The molecule has 0 amide bonds. The minimum absolute atomic E-state index is 0.159. The zero-order chi connectivity index (χ0) is 20.5. The molecule has 0 aromatic heterocycles. The number of thiocarbonyl (C=S) groups is 1. The van der Waals surface area contributed by atoms with Crippen molar-refractivity contribution in [2.45, 2.75) is 51.0 Å². The number of rotatable bonds is 2. The molecule has 2 heterocycles. The Balaban J connectivity index is 1.34. The van der Waals surface area contributed by atoms with Gasteiger partial charge < -0.3 is 15.1 Å². The smallest absolute Gasteiger partial charge is 0.173 e. The van der Waals surface area contributed by atoms with Crippen molar-refractivity contribution in [1.82, 2.24) is 4.90 Å². The zero-order valence-corrected chi connectivity index (χ0v) is 18.3. The molecule has 1 spiro atoms. The molecule has 4 rings (SSSR count). The molecule has 2 aromatic rings. The van der Waals surface area contributed by atoms with Crippen LogP contribution in [0.4, 0.5) is 5.69 Å². The van der Waals surface area contributed by atoms with Gasteiger partial charge in [0.2, 0.25) is 0 Å². The van der Waals surface area contributed by atoms with Gasteiger partial charge in [0.05, 0.1) is 5.71 Å². The van der Waals surface area contributed by atoms with Gasteiger partial charge in [-0.2, -0.15) is 0 Å². The van der Waals surface area contributed by atoms with E-state index in [9.17, 15) is 0 Å². The summed E-state index contributed by atoms with van der Waals surface area (Å²) in [6.07, 6.45) is 2.72. The summed E-state index contributed by atoms with van der Waals surface area (Å²) in [7, 11) is 0. The number of nitrogens with one attached hydrogen (secondary N) is 1. The van der Waals surface area contributed by atoms with Gasteiger partial charge in [0.15, 0.2) is 5.11 Å². The number of hydrogen-bond acceptors (Lipinski definition) is 3. The third-order valence-corrected chi connectivity index (χ3v) is 6.27. The van der Waals surface area contributed by atoms with Gasteiger partial charge in [-0.1, -0.05) is 68.4 Å². The fourth-order valence-corrected chi connectivity index (χ4v) is 4.25. The SMILES string of the molecule is CC(C)(C)c1ccc(C2=NOC3(CCN(C(=S)Nc4ccccc4)CC3)C2)cc1. The Hall–Kier alpha value is -2.40. The van der Waals surface area contributed by atoms with Gasteiger partial charge in [0.1, 0.15) is 5.60 Å². The van der Waals surface area contributed by atoms with Gasteiger partial charge in [-0.25, -0.2) is 0 Å². The van der Waals surface area contributed by atoms with E-state index in [0.29, 0.717) is 0 Å². The Morgan fingerprint density at radius 3 is 2.31 bits per heavy atom. The molecule has 0 unspecified atom stereocenters. The largest absolute Gasteiger partial charge is 0.388 e. The van der Waals surface area contributed by atoms with E-state index in [1.807, 2.05) is 30.3 Å². The second-order valence-corrected chi connectivity index (χ2v) is 9.49. The van der Waals surface area contributed by atoms with Gasteiger partial charge >= 0.3 is 0 Å². The maximum absolute atomic E-state index is 5.99. The molecule has 0 atom stereocenters. The molecule has 2 aliphatic heterocycles. The van der Waals surface area contributed by atoms with E-state index in [2.05, 4.69) is 60.4 Å². The van der Waals surface area contributed by atoms with Crippen molar-refractivity contribution in [3.63, 3.8) is 0 Å². The Bertz CT molecular complexity index is 892. The van der Waals surface area contributed by atoms with E-state index >= 15 is 0 Å². The van der Waals surface area contributed by atoms with Crippen LogP contribution in [0.2, 0.25) is 0 Å². The van der Waals surface area contributed by atoms with E-state index in [1.165, 1.54) is 11.1 Å². The summed E-state index contributed by atoms with van der Waals surface area (Å²) in [4.78, 5) is 8.22. The molecule has 1 saturated heterocycles. The standard InChI is InChI=1S/C24H29N3OS/c1-23(2,3)19-11-9-18(10-12-19)21-17-24(28-26-21)13-15-27(16-14-24)22(29)25-20-7-5-4-6-8-20/h4-12H,13-17H2,1-3H3,(H,25,29). The van der Waals surface area contributed by atoms with E-state index in [-0.39, 0.29) is 11.0 Å². The quantitative estimate of drug-likeness (QED) is 0.682. The monoisotopic (exact) mass is 407 g/mol. The molecule has 2 aliphatic rings. The molecule has 2 aromatic carbocycles. The van der Waals surface area contributed by atoms with Crippen LogP contribution >= 0.6 is 12.2 Å². The number of likely N-dealkylation sites (tertiary alicyclic amines) is 1. The van der Waals surface area contributed by atoms with Crippen molar-refractivity contribution in [2.24, 2.45) is 5.16 Å². The Labute approximate surface area is 178 Å². The highest BCUT2D eigenvalue weighted by Gasteiger charge is 2.42. The Morgan fingerprint density at radius 2 is 1.69 bits per heavy atom. The third kappa shape index (κ3) is 4.45. The third-order valence-electron chi connectivity index (χ3n) is 5.91. The fourth-order valence-electron chi connectivity index (χ4n) is 3.95. The molecule has 4 nitrogen and oxygen atoms in total. The molecular formula is C24H29N3OS. The lowest BCUT2D eigenvalue weighted by molar-refractivity contribution is -0.0521. The number of oxime groups is 1. The Morgan fingerprint density at radius 1 is 1.03 bits per heavy atom. The molecule has 152 valence electrons. The number of piperidine rings is 1. The average Bonchev–Trinajstić information content (AvgIpc) is 3.12.